The fraction of sp³-hybridized carbons (Fsp3) is 0.375. The van der Waals surface area contributed by atoms with E-state index in [1.54, 1.807) is 7.11 Å². The Morgan fingerprint density at radius 2 is 2.06 bits per heavy atom. The van der Waals surface area contributed by atoms with Gasteiger partial charge in [0, 0.05) is 30.5 Å². The molecule has 4 rings (SSSR count). The van der Waals surface area contributed by atoms with E-state index in [-0.39, 0.29) is 17.9 Å². The lowest BCUT2D eigenvalue weighted by atomic mass is 10.0. The van der Waals surface area contributed by atoms with Crippen LogP contribution in [0.5, 0.6) is 17.2 Å². The lowest BCUT2D eigenvalue weighted by Crippen LogP contribution is -2.29. The maximum atomic E-state index is 12.4. The normalized spacial score (nSPS) is 13.8. The molecule has 0 saturated carbocycles. The van der Waals surface area contributed by atoms with E-state index in [2.05, 4.69) is 35.4 Å². The molecule has 2 aromatic carbocycles. The maximum absolute atomic E-state index is 12.4. The summed E-state index contributed by atoms with van der Waals surface area (Å²) in [4.78, 5) is 12.4. The molecule has 1 aromatic heterocycles. The van der Waals surface area contributed by atoms with Gasteiger partial charge in [-0.05, 0) is 56.4 Å². The number of aromatic amines is 1. The highest BCUT2D eigenvalue weighted by Crippen LogP contribution is 2.41. The molecule has 0 unspecified atom stereocenters. The summed E-state index contributed by atoms with van der Waals surface area (Å²) in [6.45, 7) is 5.29. The SMILES string of the molecule is COc1ccc(-c2n[nH]c(=S)n2CCC(=O)NCCOc2cccc3c2OC(C)(C)C3)cc1. The molecule has 1 aliphatic rings. The zero-order valence-corrected chi connectivity index (χ0v) is 19.8. The molecule has 8 nitrogen and oxygen atoms in total. The molecular weight excluding hydrogens is 440 g/mol. The van der Waals surface area contributed by atoms with Gasteiger partial charge in [-0.3, -0.25) is 14.5 Å². The molecule has 2 N–H and O–H groups in total. The summed E-state index contributed by atoms with van der Waals surface area (Å²) in [5.74, 6) is 2.87. The molecule has 2 heterocycles. The molecule has 0 bridgehead atoms. The number of hydrogen-bond acceptors (Lipinski definition) is 6. The van der Waals surface area contributed by atoms with Crippen LogP contribution in [0.15, 0.2) is 42.5 Å². The van der Waals surface area contributed by atoms with Gasteiger partial charge in [-0.2, -0.15) is 5.10 Å². The largest absolute Gasteiger partial charge is 0.497 e. The van der Waals surface area contributed by atoms with Crippen molar-refractivity contribution in [3.8, 4) is 28.6 Å². The molecule has 0 radical (unpaired) electrons. The minimum atomic E-state index is -0.227. The third-order valence-corrected chi connectivity index (χ3v) is 5.72. The van der Waals surface area contributed by atoms with Crippen LogP contribution >= 0.6 is 12.2 Å². The van der Waals surface area contributed by atoms with Gasteiger partial charge in [0.25, 0.3) is 0 Å². The van der Waals surface area contributed by atoms with Gasteiger partial charge in [-0.1, -0.05) is 12.1 Å². The first kappa shape index (κ1) is 22.8. The van der Waals surface area contributed by atoms with Crippen LogP contribution in [0.1, 0.15) is 25.8 Å². The second-order valence-corrected chi connectivity index (χ2v) is 8.85. The van der Waals surface area contributed by atoms with Gasteiger partial charge in [-0.25, -0.2) is 0 Å². The number of hydrogen-bond donors (Lipinski definition) is 2. The van der Waals surface area contributed by atoms with Crippen molar-refractivity contribution in [2.24, 2.45) is 0 Å². The van der Waals surface area contributed by atoms with Crippen LogP contribution in [0.2, 0.25) is 0 Å². The summed E-state index contributed by atoms with van der Waals surface area (Å²) < 4.78 is 19.4. The summed E-state index contributed by atoms with van der Waals surface area (Å²) in [6, 6.07) is 13.4. The van der Waals surface area contributed by atoms with Crippen LogP contribution in [-0.4, -0.2) is 46.5 Å². The Morgan fingerprint density at radius 1 is 1.27 bits per heavy atom. The van der Waals surface area contributed by atoms with Crippen molar-refractivity contribution in [1.29, 1.82) is 0 Å². The number of nitrogens with one attached hydrogen (secondary N) is 2. The maximum Gasteiger partial charge on any atom is 0.221 e. The van der Waals surface area contributed by atoms with Crippen LogP contribution in [0.25, 0.3) is 11.4 Å². The van der Waals surface area contributed by atoms with Crippen molar-refractivity contribution in [1.82, 2.24) is 20.1 Å². The lowest BCUT2D eigenvalue weighted by Gasteiger charge is -2.18. The van der Waals surface area contributed by atoms with E-state index >= 15 is 0 Å². The monoisotopic (exact) mass is 468 g/mol. The molecule has 1 aliphatic heterocycles. The molecule has 0 aliphatic carbocycles. The minimum Gasteiger partial charge on any atom is -0.497 e. The van der Waals surface area contributed by atoms with Crippen molar-refractivity contribution in [3.05, 3.63) is 52.8 Å². The Morgan fingerprint density at radius 3 is 2.82 bits per heavy atom. The number of rotatable bonds is 9. The van der Waals surface area contributed by atoms with E-state index in [0.717, 1.165) is 29.0 Å². The second kappa shape index (κ2) is 9.66. The first-order chi connectivity index (χ1) is 15.9. The summed E-state index contributed by atoms with van der Waals surface area (Å²) in [5, 5.41) is 10.0. The van der Waals surface area contributed by atoms with Gasteiger partial charge in [0.05, 0.1) is 13.7 Å². The standard InChI is InChI=1S/C24H28N4O4S/c1-24(2)15-17-5-4-6-19(21(17)32-24)31-14-12-25-20(29)11-13-28-22(26-27-23(28)33)16-7-9-18(30-3)10-8-16/h4-10H,11-15H2,1-3H3,(H,25,29)(H,27,33). The summed E-state index contributed by atoms with van der Waals surface area (Å²) in [6.07, 6.45) is 1.13. The van der Waals surface area contributed by atoms with Gasteiger partial charge < -0.3 is 19.5 Å². The molecule has 33 heavy (non-hydrogen) atoms. The predicted octanol–water partition coefficient (Wildman–Crippen LogP) is 3.92. The smallest absolute Gasteiger partial charge is 0.221 e. The molecule has 0 atom stereocenters. The van der Waals surface area contributed by atoms with Crippen LogP contribution < -0.4 is 19.5 Å². The number of fused-ring (bicyclic) bond motifs is 1. The highest BCUT2D eigenvalue weighted by atomic mass is 32.1. The van der Waals surface area contributed by atoms with Crippen LogP contribution in [0.3, 0.4) is 0 Å². The number of benzene rings is 2. The highest BCUT2D eigenvalue weighted by Gasteiger charge is 2.32. The van der Waals surface area contributed by atoms with Crippen LogP contribution in [-0.2, 0) is 17.8 Å². The van der Waals surface area contributed by atoms with Gasteiger partial charge in [0.1, 0.15) is 18.0 Å². The number of carbonyl (C=O) groups excluding carboxylic acids is 1. The molecule has 9 heteroatoms. The van der Waals surface area contributed by atoms with E-state index in [4.69, 9.17) is 26.4 Å². The molecular formula is C24H28N4O4S. The van der Waals surface area contributed by atoms with Crippen molar-refractivity contribution in [2.75, 3.05) is 20.3 Å². The Bertz CT molecular complexity index is 1180. The quantitative estimate of drug-likeness (QED) is 0.366. The van der Waals surface area contributed by atoms with E-state index < -0.39 is 0 Å². The number of methoxy groups -OCH3 is 1. The molecule has 0 fully saturated rings. The van der Waals surface area contributed by atoms with Gasteiger partial charge in [-0.15, -0.1) is 0 Å². The van der Waals surface area contributed by atoms with E-state index in [0.29, 0.717) is 36.0 Å². The molecule has 0 spiro atoms. The zero-order valence-electron chi connectivity index (χ0n) is 19.0. The minimum absolute atomic E-state index is 0.0851. The van der Waals surface area contributed by atoms with Crippen molar-refractivity contribution in [3.63, 3.8) is 0 Å². The summed E-state index contributed by atoms with van der Waals surface area (Å²) in [7, 11) is 1.62. The van der Waals surface area contributed by atoms with Crippen LogP contribution in [0.4, 0.5) is 0 Å². The second-order valence-electron chi connectivity index (χ2n) is 8.46. The number of nitrogens with zero attached hydrogens (tertiary/aromatic N) is 2. The number of aromatic nitrogens is 3. The fourth-order valence-corrected chi connectivity index (χ4v) is 4.06. The third-order valence-electron chi connectivity index (χ3n) is 5.41. The molecule has 0 saturated heterocycles. The fourth-order valence-electron chi connectivity index (χ4n) is 3.84. The Hall–Kier alpha value is -3.33. The number of para-hydroxylation sites is 1. The Labute approximate surface area is 197 Å². The number of carbonyl (C=O) groups is 1. The highest BCUT2D eigenvalue weighted by molar-refractivity contribution is 7.71. The number of H-pyrrole nitrogens is 1. The zero-order chi connectivity index (χ0) is 23.4. The van der Waals surface area contributed by atoms with E-state index in [9.17, 15) is 4.79 Å². The molecule has 1 amide bonds. The first-order valence-corrected chi connectivity index (χ1v) is 11.3. The summed E-state index contributed by atoms with van der Waals surface area (Å²) in [5.41, 5.74) is 1.80. The van der Waals surface area contributed by atoms with Crippen LogP contribution in [0, 0.1) is 4.77 Å². The average Bonchev–Trinajstić information content (AvgIpc) is 3.33. The Balaban J connectivity index is 1.27. The van der Waals surface area contributed by atoms with Gasteiger partial charge in [0.15, 0.2) is 22.1 Å². The first-order valence-electron chi connectivity index (χ1n) is 10.9. The molecule has 174 valence electrons. The predicted molar refractivity (Wildman–Crippen MR) is 127 cm³/mol. The Kier molecular flexibility index (Phi) is 6.69. The van der Waals surface area contributed by atoms with Crippen molar-refractivity contribution < 1.29 is 19.0 Å². The topological polar surface area (TPSA) is 90.4 Å². The van der Waals surface area contributed by atoms with E-state index in [1.165, 1.54) is 0 Å². The van der Waals surface area contributed by atoms with Crippen molar-refractivity contribution >= 4 is 18.1 Å². The number of ether oxygens (including phenoxy) is 3. The third kappa shape index (κ3) is 5.36. The van der Waals surface area contributed by atoms with Gasteiger partial charge >= 0.3 is 0 Å². The molecule has 3 aromatic rings. The average molecular weight is 469 g/mol. The van der Waals surface area contributed by atoms with Crippen molar-refractivity contribution in [2.45, 2.75) is 38.8 Å². The van der Waals surface area contributed by atoms with Gasteiger partial charge in [0.2, 0.25) is 5.91 Å². The lowest BCUT2D eigenvalue weighted by molar-refractivity contribution is -0.121. The number of amides is 1. The van der Waals surface area contributed by atoms with E-state index in [1.807, 2.05) is 41.0 Å². The summed E-state index contributed by atoms with van der Waals surface area (Å²) >= 11 is 5.35.